The van der Waals surface area contributed by atoms with Crippen molar-refractivity contribution in [2.45, 2.75) is 58.5 Å². The number of aryl methyl sites for hydroxylation is 1. The summed E-state index contributed by atoms with van der Waals surface area (Å²) in [6.45, 7) is 5.47. The first-order chi connectivity index (χ1) is 7.85. The van der Waals surface area contributed by atoms with Gasteiger partial charge in [-0.05, 0) is 31.6 Å². The number of nitrogens with one attached hydrogen (secondary N) is 1. The van der Waals surface area contributed by atoms with Crippen molar-refractivity contribution in [1.29, 1.82) is 0 Å². The van der Waals surface area contributed by atoms with E-state index in [4.69, 9.17) is 0 Å². The van der Waals surface area contributed by atoms with Crippen LogP contribution in [0.15, 0.2) is 12.3 Å². The van der Waals surface area contributed by atoms with Crippen LogP contribution >= 0.6 is 0 Å². The second kappa shape index (κ2) is 5.37. The van der Waals surface area contributed by atoms with Crippen LogP contribution in [0.25, 0.3) is 0 Å². The van der Waals surface area contributed by atoms with Gasteiger partial charge in [-0.2, -0.15) is 5.10 Å². The second-order valence-electron chi connectivity index (χ2n) is 4.82. The van der Waals surface area contributed by atoms with Crippen LogP contribution in [0.1, 0.15) is 46.0 Å². The van der Waals surface area contributed by atoms with E-state index in [9.17, 15) is 0 Å². The molecule has 2 rings (SSSR count). The summed E-state index contributed by atoms with van der Waals surface area (Å²) in [4.78, 5) is 0. The summed E-state index contributed by atoms with van der Waals surface area (Å²) in [7, 11) is 0. The minimum atomic E-state index is 0.664. The molecule has 1 heterocycles. The van der Waals surface area contributed by atoms with Crippen molar-refractivity contribution in [3.63, 3.8) is 0 Å². The highest BCUT2D eigenvalue weighted by Gasteiger charge is 2.30. The molecule has 1 unspecified atom stereocenters. The maximum absolute atomic E-state index is 4.35. The first kappa shape index (κ1) is 11.5. The molecule has 1 aliphatic rings. The third-order valence-electron chi connectivity index (χ3n) is 3.28. The highest BCUT2D eigenvalue weighted by atomic mass is 15.3. The van der Waals surface area contributed by atoms with Crippen LogP contribution in [0.5, 0.6) is 0 Å². The predicted molar refractivity (Wildman–Crippen MR) is 67.6 cm³/mol. The summed E-state index contributed by atoms with van der Waals surface area (Å²) < 4.78 is 2.09. The van der Waals surface area contributed by atoms with Crippen molar-refractivity contribution < 1.29 is 0 Å². The SMILES string of the molecule is CCCC(Nc1ccnn1CCC)C1CC1. The highest BCUT2D eigenvalue weighted by Crippen LogP contribution is 2.36. The molecule has 3 heteroatoms. The fourth-order valence-electron chi connectivity index (χ4n) is 2.27. The Morgan fingerprint density at radius 2 is 2.25 bits per heavy atom. The molecule has 0 amide bonds. The van der Waals surface area contributed by atoms with Gasteiger partial charge in [-0.3, -0.25) is 0 Å². The van der Waals surface area contributed by atoms with Crippen LogP contribution in [-0.2, 0) is 6.54 Å². The first-order valence-electron chi connectivity index (χ1n) is 6.63. The molecule has 90 valence electrons. The van der Waals surface area contributed by atoms with E-state index in [0.717, 1.165) is 18.9 Å². The predicted octanol–water partition coefficient (Wildman–Crippen LogP) is 3.28. The Labute approximate surface area is 98.2 Å². The molecule has 1 atom stereocenters. The molecule has 1 aromatic heterocycles. The van der Waals surface area contributed by atoms with Gasteiger partial charge < -0.3 is 5.32 Å². The quantitative estimate of drug-likeness (QED) is 0.765. The Morgan fingerprint density at radius 1 is 1.44 bits per heavy atom. The summed E-state index contributed by atoms with van der Waals surface area (Å²) in [6.07, 6.45) is 8.38. The van der Waals surface area contributed by atoms with E-state index in [1.165, 1.54) is 31.5 Å². The average Bonchev–Trinajstić information content (AvgIpc) is 3.03. The normalized spacial score (nSPS) is 17.4. The zero-order valence-electron chi connectivity index (χ0n) is 10.4. The fourth-order valence-corrected chi connectivity index (χ4v) is 2.27. The number of anilines is 1. The minimum Gasteiger partial charge on any atom is -0.367 e. The van der Waals surface area contributed by atoms with E-state index in [1.54, 1.807) is 0 Å². The molecule has 0 spiro atoms. The van der Waals surface area contributed by atoms with Crippen molar-refractivity contribution in [2.75, 3.05) is 5.32 Å². The molecule has 3 nitrogen and oxygen atoms in total. The van der Waals surface area contributed by atoms with E-state index in [0.29, 0.717) is 6.04 Å². The molecule has 16 heavy (non-hydrogen) atoms. The van der Waals surface area contributed by atoms with E-state index in [2.05, 4.69) is 35.0 Å². The van der Waals surface area contributed by atoms with Crippen molar-refractivity contribution in [3.8, 4) is 0 Å². The molecular formula is C13H23N3. The molecular weight excluding hydrogens is 198 g/mol. The lowest BCUT2D eigenvalue weighted by atomic mass is 10.1. The lowest BCUT2D eigenvalue weighted by molar-refractivity contribution is 0.554. The molecule has 1 saturated carbocycles. The van der Waals surface area contributed by atoms with Gasteiger partial charge in [0, 0.05) is 18.7 Å². The first-order valence-corrected chi connectivity index (χ1v) is 6.63. The van der Waals surface area contributed by atoms with Gasteiger partial charge in [0.05, 0.1) is 6.20 Å². The summed E-state index contributed by atoms with van der Waals surface area (Å²) in [5, 5.41) is 8.03. The van der Waals surface area contributed by atoms with Crippen LogP contribution in [0.3, 0.4) is 0 Å². The van der Waals surface area contributed by atoms with Gasteiger partial charge in [0.2, 0.25) is 0 Å². The van der Waals surface area contributed by atoms with Crippen molar-refractivity contribution in [3.05, 3.63) is 12.3 Å². The van der Waals surface area contributed by atoms with Gasteiger partial charge in [-0.15, -0.1) is 0 Å². The summed E-state index contributed by atoms with van der Waals surface area (Å²) in [5.41, 5.74) is 0. The summed E-state index contributed by atoms with van der Waals surface area (Å²) in [6, 6.07) is 2.76. The topological polar surface area (TPSA) is 29.9 Å². The van der Waals surface area contributed by atoms with Gasteiger partial charge in [-0.25, -0.2) is 4.68 Å². The molecule has 1 aliphatic carbocycles. The second-order valence-corrected chi connectivity index (χ2v) is 4.82. The monoisotopic (exact) mass is 221 g/mol. The molecule has 0 saturated heterocycles. The Hall–Kier alpha value is -0.990. The van der Waals surface area contributed by atoms with E-state index in [1.807, 2.05) is 6.20 Å². The van der Waals surface area contributed by atoms with Crippen molar-refractivity contribution in [1.82, 2.24) is 9.78 Å². The third-order valence-corrected chi connectivity index (χ3v) is 3.28. The van der Waals surface area contributed by atoms with Gasteiger partial charge in [0.25, 0.3) is 0 Å². The zero-order valence-corrected chi connectivity index (χ0v) is 10.4. The van der Waals surface area contributed by atoms with Crippen molar-refractivity contribution >= 4 is 5.82 Å². The Morgan fingerprint density at radius 3 is 2.88 bits per heavy atom. The Balaban J connectivity index is 1.97. The van der Waals surface area contributed by atoms with Crippen LogP contribution in [0, 0.1) is 5.92 Å². The minimum absolute atomic E-state index is 0.664. The van der Waals surface area contributed by atoms with Crippen molar-refractivity contribution in [2.24, 2.45) is 5.92 Å². The zero-order chi connectivity index (χ0) is 11.4. The summed E-state index contributed by atoms with van der Waals surface area (Å²) in [5.74, 6) is 2.11. The van der Waals surface area contributed by atoms with Gasteiger partial charge in [0.15, 0.2) is 0 Å². The third kappa shape index (κ3) is 2.77. The Bertz CT molecular complexity index is 315. The largest absolute Gasteiger partial charge is 0.367 e. The molecule has 0 aliphatic heterocycles. The lowest BCUT2D eigenvalue weighted by Gasteiger charge is -2.19. The van der Waals surface area contributed by atoms with E-state index < -0.39 is 0 Å². The average molecular weight is 221 g/mol. The molecule has 1 aromatic rings. The maximum atomic E-state index is 4.35. The van der Waals surface area contributed by atoms with Gasteiger partial charge in [-0.1, -0.05) is 20.3 Å². The van der Waals surface area contributed by atoms with E-state index in [-0.39, 0.29) is 0 Å². The lowest BCUT2D eigenvalue weighted by Crippen LogP contribution is -2.23. The maximum Gasteiger partial charge on any atom is 0.124 e. The number of hydrogen-bond acceptors (Lipinski definition) is 2. The van der Waals surface area contributed by atoms with Crippen LogP contribution in [0.4, 0.5) is 5.82 Å². The molecule has 1 fully saturated rings. The van der Waals surface area contributed by atoms with Gasteiger partial charge in [0.1, 0.15) is 5.82 Å². The number of rotatable bonds is 7. The molecule has 0 radical (unpaired) electrons. The van der Waals surface area contributed by atoms with Gasteiger partial charge >= 0.3 is 0 Å². The van der Waals surface area contributed by atoms with Crippen LogP contribution < -0.4 is 5.32 Å². The number of aromatic nitrogens is 2. The molecule has 1 N–H and O–H groups in total. The fraction of sp³-hybridized carbons (Fsp3) is 0.769. The Kier molecular flexibility index (Phi) is 3.86. The van der Waals surface area contributed by atoms with Crippen LogP contribution in [0.2, 0.25) is 0 Å². The highest BCUT2D eigenvalue weighted by molar-refractivity contribution is 5.35. The smallest absolute Gasteiger partial charge is 0.124 e. The number of hydrogen-bond donors (Lipinski definition) is 1. The standard InChI is InChI=1S/C13H23N3/c1-3-5-12(11-6-7-11)15-13-8-9-14-16(13)10-4-2/h8-9,11-12,15H,3-7,10H2,1-2H3. The van der Waals surface area contributed by atoms with E-state index >= 15 is 0 Å². The molecule has 0 bridgehead atoms. The summed E-state index contributed by atoms with van der Waals surface area (Å²) >= 11 is 0. The molecule has 0 aromatic carbocycles. The van der Waals surface area contributed by atoms with Crippen LogP contribution in [-0.4, -0.2) is 15.8 Å². The number of nitrogens with zero attached hydrogens (tertiary/aromatic N) is 2.